The molecule has 1 aliphatic carbocycles. The molecule has 14 heavy (non-hydrogen) atoms. The highest BCUT2D eigenvalue weighted by molar-refractivity contribution is 8.00. The second-order valence-corrected chi connectivity index (χ2v) is 6.56. The molecule has 2 heterocycles. The molecule has 0 amide bonds. The summed E-state index contributed by atoms with van der Waals surface area (Å²) < 4.78 is 0. The Hall–Kier alpha value is 0.270. The minimum Gasteiger partial charge on any atom is -0.302 e. The molecule has 0 aromatic rings. The Morgan fingerprint density at radius 1 is 1.43 bits per heavy atom. The van der Waals surface area contributed by atoms with Crippen LogP contribution in [0.4, 0.5) is 0 Å². The third-order valence-electron chi connectivity index (χ3n) is 3.79. The second-order valence-electron chi connectivity index (χ2n) is 5.08. The van der Waals surface area contributed by atoms with Crippen LogP contribution in [0.15, 0.2) is 0 Å². The van der Waals surface area contributed by atoms with Gasteiger partial charge < -0.3 is 5.32 Å². The molecule has 2 saturated heterocycles. The van der Waals surface area contributed by atoms with E-state index in [2.05, 4.69) is 28.9 Å². The number of rotatable bonds is 1. The molecule has 2 aliphatic heterocycles. The molecule has 1 N–H and O–H groups in total. The molecule has 1 saturated carbocycles. The van der Waals surface area contributed by atoms with Gasteiger partial charge in [-0.25, -0.2) is 0 Å². The Morgan fingerprint density at radius 2 is 2.29 bits per heavy atom. The van der Waals surface area contributed by atoms with E-state index in [1.54, 1.807) is 0 Å². The lowest BCUT2D eigenvalue weighted by molar-refractivity contribution is 0.253. The number of thioether (sulfide) groups is 1. The third-order valence-corrected chi connectivity index (χ3v) is 5.28. The predicted octanol–water partition coefficient (Wildman–Crippen LogP) is 1.67. The van der Waals surface area contributed by atoms with Gasteiger partial charge in [-0.1, -0.05) is 0 Å². The van der Waals surface area contributed by atoms with Gasteiger partial charge in [-0.05, 0) is 44.9 Å². The highest BCUT2D eigenvalue weighted by atomic mass is 32.2. The Bertz CT molecular complexity index is 221. The Labute approximate surface area is 90.8 Å². The molecule has 3 heteroatoms. The summed E-state index contributed by atoms with van der Waals surface area (Å²) in [5.74, 6) is 1.36. The van der Waals surface area contributed by atoms with E-state index in [9.17, 15) is 0 Å². The molecular weight excluding hydrogens is 192 g/mol. The van der Waals surface area contributed by atoms with E-state index < -0.39 is 0 Å². The average Bonchev–Trinajstić information content (AvgIpc) is 2.95. The van der Waals surface area contributed by atoms with Gasteiger partial charge >= 0.3 is 0 Å². The molecule has 0 aromatic heterocycles. The van der Waals surface area contributed by atoms with E-state index in [1.807, 2.05) is 0 Å². The van der Waals surface area contributed by atoms with Crippen LogP contribution in [0.2, 0.25) is 0 Å². The zero-order chi connectivity index (χ0) is 9.60. The highest BCUT2D eigenvalue weighted by Gasteiger charge is 2.47. The number of nitrogens with one attached hydrogen (secondary N) is 1. The number of nitrogens with zero attached hydrogens (tertiary/aromatic N) is 1. The summed E-state index contributed by atoms with van der Waals surface area (Å²) in [5, 5.41) is 3.76. The maximum atomic E-state index is 3.76. The van der Waals surface area contributed by atoms with E-state index >= 15 is 0 Å². The minimum absolute atomic E-state index is 0.431. The van der Waals surface area contributed by atoms with Crippen LogP contribution in [-0.2, 0) is 0 Å². The van der Waals surface area contributed by atoms with Gasteiger partial charge in [-0.3, -0.25) is 4.90 Å². The van der Waals surface area contributed by atoms with Crippen LogP contribution in [-0.4, -0.2) is 40.7 Å². The van der Waals surface area contributed by atoms with Crippen molar-refractivity contribution in [3.8, 4) is 0 Å². The second kappa shape index (κ2) is 3.39. The molecule has 3 aliphatic rings. The molecule has 0 aromatic carbocycles. The van der Waals surface area contributed by atoms with Gasteiger partial charge in [-0.15, -0.1) is 11.8 Å². The van der Waals surface area contributed by atoms with Gasteiger partial charge in [0, 0.05) is 18.6 Å². The van der Waals surface area contributed by atoms with Crippen LogP contribution in [0.25, 0.3) is 0 Å². The molecule has 2 nitrogen and oxygen atoms in total. The smallest absolute Gasteiger partial charge is 0.0788 e. The van der Waals surface area contributed by atoms with E-state index in [4.69, 9.17) is 0 Å². The lowest BCUT2D eigenvalue weighted by atomic mass is 10.2. The lowest BCUT2D eigenvalue weighted by Crippen LogP contribution is -2.48. The quantitative estimate of drug-likeness (QED) is 0.712. The first-order valence-corrected chi connectivity index (χ1v) is 6.92. The standard InChI is InChI=1S/C11H20N2S/c1-9-7-11(12-5-2-6-14-11)8-13(9)10-3-4-10/h9-10,12H,2-8H2,1H3. The molecule has 1 spiro atoms. The minimum atomic E-state index is 0.431. The first-order valence-electron chi connectivity index (χ1n) is 5.94. The summed E-state index contributed by atoms with van der Waals surface area (Å²) in [5.41, 5.74) is 0. The number of hydrogen-bond acceptors (Lipinski definition) is 3. The summed E-state index contributed by atoms with van der Waals surface area (Å²) in [6, 6.07) is 1.74. The predicted molar refractivity (Wildman–Crippen MR) is 61.6 cm³/mol. The molecule has 80 valence electrons. The zero-order valence-corrected chi connectivity index (χ0v) is 9.78. The van der Waals surface area contributed by atoms with Crippen LogP contribution in [0, 0.1) is 0 Å². The largest absolute Gasteiger partial charge is 0.302 e. The van der Waals surface area contributed by atoms with Gasteiger partial charge in [0.1, 0.15) is 0 Å². The normalized spacial score (nSPS) is 44.8. The Kier molecular flexibility index (Phi) is 2.30. The van der Waals surface area contributed by atoms with E-state index in [1.165, 1.54) is 44.5 Å². The summed E-state index contributed by atoms with van der Waals surface area (Å²) in [4.78, 5) is 3.17. The van der Waals surface area contributed by atoms with Crippen LogP contribution in [0.1, 0.15) is 32.6 Å². The van der Waals surface area contributed by atoms with Gasteiger partial charge in [-0.2, -0.15) is 0 Å². The van der Waals surface area contributed by atoms with Gasteiger partial charge in [0.25, 0.3) is 0 Å². The first-order chi connectivity index (χ1) is 6.79. The van der Waals surface area contributed by atoms with Gasteiger partial charge in [0.2, 0.25) is 0 Å². The van der Waals surface area contributed by atoms with Crippen LogP contribution >= 0.6 is 11.8 Å². The van der Waals surface area contributed by atoms with Crippen LogP contribution in [0.5, 0.6) is 0 Å². The lowest BCUT2D eigenvalue weighted by Gasteiger charge is -2.34. The van der Waals surface area contributed by atoms with Crippen LogP contribution in [0.3, 0.4) is 0 Å². The van der Waals surface area contributed by atoms with E-state index in [0.717, 1.165) is 12.1 Å². The summed E-state index contributed by atoms with van der Waals surface area (Å²) >= 11 is 2.17. The van der Waals surface area contributed by atoms with Crippen LogP contribution < -0.4 is 5.32 Å². The third kappa shape index (κ3) is 1.59. The van der Waals surface area contributed by atoms with Crippen molar-refractivity contribution in [1.29, 1.82) is 0 Å². The van der Waals surface area contributed by atoms with E-state index in [-0.39, 0.29) is 0 Å². The summed E-state index contributed by atoms with van der Waals surface area (Å²) in [6.45, 7) is 4.94. The molecular formula is C11H20N2S. The SMILES string of the molecule is CC1CC2(CN1C1CC1)NCCCS2. The van der Waals surface area contributed by atoms with Crippen molar-refractivity contribution >= 4 is 11.8 Å². The number of likely N-dealkylation sites (tertiary alicyclic amines) is 1. The van der Waals surface area contributed by atoms with Gasteiger partial charge in [0.05, 0.1) is 4.87 Å². The molecule has 2 unspecified atom stereocenters. The highest BCUT2D eigenvalue weighted by Crippen LogP contribution is 2.43. The molecule has 0 radical (unpaired) electrons. The van der Waals surface area contributed by atoms with E-state index in [0.29, 0.717) is 4.87 Å². The summed E-state index contributed by atoms with van der Waals surface area (Å²) in [6.07, 6.45) is 5.61. The molecule has 0 bridgehead atoms. The monoisotopic (exact) mass is 212 g/mol. The molecule has 2 atom stereocenters. The Balaban J connectivity index is 1.70. The Morgan fingerprint density at radius 3 is 2.93 bits per heavy atom. The topological polar surface area (TPSA) is 15.3 Å². The zero-order valence-electron chi connectivity index (χ0n) is 8.96. The first kappa shape index (κ1) is 9.49. The van der Waals surface area contributed by atoms with Crippen molar-refractivity contribution in [1.82, 2.24) is 10.2 Å². The van der Waals surface area contributed by atoms with Crippen molar-refractivity contribution in [2.45, 2.75) is 49.6 Å². The molecule has 3 fully saturated rings. The van der Waals surface area contributed by atoms with Gasteiger partial charge in [0.15, 0.2) is 0 Å². The van der Waals surface area contributed by atoms with Crippen molar-refractivity contribution in [2.24, 2.45) is 0 Å². The maximum Gasteiger partial charge on any atom is 0.0788 e. The van der Waals surface area contributed by atoms with Crippen molar-refractivity contribution < 1.29 is 0 Å². The van der Waals surface area contributed by atoms with Crippen molar-refractivity contribution in [3.63, 3.8) is 0 Å². The fourth-order valence-electron chi connectivity index (χ4n) is 2.94. The fourth-order valence-corrected chi connectivity index (χ4v) is 4.43. The maximum absolute atomic E-state index is 3.76. The van der Waals surface area contributed by atoms with Crippen molar-refractivity contribution in [3.05, 3.63) is 0 Å². The molecule has 3 rings (SSSR count). The average molecular weight is 212 g/mol. The summed E-state index contributed by atoms with van der Waals surface area (Å²) in [7, 11) is 0. The number of hydrogen-bond donors (Lipinski definition) is 1. The fraction of sp³-hybridized carbons (Fsp3) is 1.00. The van der Waals surface area contributed by atoms with Crippen molar-refractivity contribution in [2.75, 3.05) is 18.8 Å².